The van der Waals surface area contributed by atoms with Crippen LogP contribution in [0.4, 0.5) is 35.9 Å². The summed E-state index contributed by atoms with van der Waals surface area (Å²) in [5, 5.41) is 12.6. The van der Waals surface area contributed by atoms with Gasteiger partial charge in [0, 0.05) is 100 Å². The second-order valence-electron chi connectivity index (χ2n) is 19.8. The van der Waals surface area contributed by atoms with Gasteiger partial charge < -0.3 is 35.8 Å². The van der Waals surface area contributed by atoms with E-state index in [1.165, 1.54) is 29.8 Å². The minimum Gasteiger partial charge on any atom is -0.381 e. The van der Waals surface area contributed by atoms with Crippen LogP contribution in [-0.2, 0) is 15.7 Å². The van der Waals surface area contributed by atoms with Crippen LogP contribution in [0.2, 0.25) is 0 Å². The smallest absolute Gasteiger partial charge is 0.381 e. The highest BCUT2D eigenvalue weighted by atomic mass is 19.4. The van der Waals surface area contributed by atoms with Crippen molar-refractivity contribution in [1.29, 1.82) is 0 Å². The zero-order valence-corrected chi connectivity index (χ0v) is 41.8. The monoisotopic (exact) mass is 964 g/mol. The number of likely N-dealkylation sites (N-methyl/N-ethyl adjacent to an activating group) is 1. The van der Waals surface area contributed by atoms with Crippen LogP contribution in [0, 0.1) is 12.8 Å². The van der Waals surface area contributed by atoms with Gasteiger partial charge in [0.1, 0.15) is 12.2 Å². The molecule has 0 bridgehead atoms. The summed E-state index contributed by atoms with van der Waals surface area (Å²) in [5.74, 6) is 0.700. The maximum atomic E-state index is 14.4. The van der Waals surface area contributed by atoms with Gasteiger partial charge in [0.15, 0.2) is 0 Å². The van der Waals surface area contributed by atoms with E-state index >= 15 is 0 Å². The van der Waals surface area contributed by atoms with E-state index < -0.39 is 17.8 Å². The lowest BCUT2D eigenvalue weighted by atomic mass is 9.87. The van der Waals surface area contributed by atoms with Crippen molar-refractivity contribution < 1.29 is 27.5 Å². The van der Waals surface area contributed by atoms with Crippen LogP contribution in [0.3, 0.4) is 0 Å². The lowest BCUT2D eigenvalue weighted by Crippen LogP contribution is -2.49. The molecule has 3 unspecified atom stereocenters. The number of aryl methyl sites for hydroxylation is 1. The Bertz CT molecular complexity index is 2460. The molecule has 0 saturated carbocycles. The molecule has 15 heteroatoms. The average Bonchev–Trinajstić information content (AvgIpc) is 3.78. The number of nitrogens with one attached hydrogen (secondary N) is 4. The Morgan fingerprint density at radius 2 is 1.61 bits per heavy atom. The lowest BCUT2D eigenvalue weighted by molar-refractivity contribution is -0.137. The largest absolute Gasteiger partial charge is 0.418 e. The summed E-state index contributed by atoms with van der Waals surface area (Å²) in [6.45, 7) is 15.7. The minimum absolute atomic E-state index is 0.0537. The molecule has 4 N–H and O–H groups in total. The molecule has 0 radical (unpaired) electrons. The molecule has 4 aliphatic rings. The Morgan fingerprint density at radius 3 is 2.29 bits per heavy atom. The number of pyridine rings is 1. The number of piperazine rings is 1. The van der Waals surface area contributed by atoms with Gasteiger partial charge in [-0.05, 0) is 143 Å². The van der Waals surface area contributed by atoms with Crippen molar-refractivity contribution in [2.75, 3.05) is 101 Å². The number of hydrogen-bond donors (Lipinski definition) is 4. The van der Waals surface area contributed by atoms with Gasteiger partial charge in [-0.1, -0.05) is 43.2 Å². The molecule has 8 rings (SSSR count). The highest BCUT2D eigenvalue weighted by Gasteiger charge is 2.37. The molecule has 1 aromatic heterocycles. The number of halogens is 3. The van der Waals surface area contributed by atoms with Crippen LogP contribution in [-0.4, -0.2) is 129 Å². The van der Waals surface area contributed by atoms with Gasteiger partial charge >= 0.3 is 6.18 Å². The number of rotatable bonds is 16. The number of hydrogen-bond acceptors (Lipinski definition) is 10. The van der Waals surface area contributed by atoms with Gasteiger partial charge in [-0.15, -0.1) is 0 Å². The van der Waals surface area contributed by atoms with E-state index in [0.717, 1.165) is 85.1 Å². The zero-order chi connectivity index (χ0) is 49.5. The zero-order valence-electron chi connectivity index (χ0n) is 41.8. The number of nitrogens with zero attached hydrogens (tertiary/aromatic N) is 5. The SMILES string of the molecule is CCCC(Nc1ccc(N2CCN(CC3CCN(C(=O)c4ccc(C5CCN(C(C)/C(C)=C/c6c(-c7ccc8c(c7)NC(COC)N8)ccnc6C)CC5)cc4)CC3)CC2)c(C(F)(F)F)c1)C(=O)NC. The van der Waals surface area contributed by atoms with Gasteiger partial charge in [-0.25, -0.2) is 0 Å². The number of likely N-dealkylation sites (tertiary alicyclic amines) is 2. The third-order valence-electron chi connectivity index (χ3n) is 15.2. The summed E-state index contributed by atoms with van der Waals surface area (Å²) in [6, 6.07) is 20.9. The molecule has 5 heterocycles. The average molecular weight is 964 g/mol. The first-order valence-electron chi connectivity index (χ1n) is 25.3. The van der Waals surface area contributed by atoms with Crippen LogP contribution in [0.5, 0.6) is 0 Å². The van der Waals surface area contributed by atoms with E-state index in [4.69, 9.17) is 4.74 Å². The maximum Gasteiger partial charge on any atom is 0.418 e. The molecule has 12 nitrogen and oxygen atoms in total. The molecule has 0 aliphatic carbocycles. The first-order valence-corrected chi connectivity index (χ1v) is 25.3. The van der Waals surface area contributed by atoms with Gasteiger partial charge in [0.2, 0.25) is 5.91 Å². The molecule has 376 valence electrons. The maximum absolute atomic E-state index is 14.4. The molecule has 3 aromatic carbocycles. The second kappa shape index (κ2) is 22.6. The fraction of sp³-hybridized carbons (Fsp3) is 0.509. The van der Waals surface area contributed by atoms with Crippen LogP contribution < -0.4 is 26.2 Å². The van der Waals surface area contributed by atoms with Crippen LogP contribution in [0.1, 0.15) is 98.0 Å². The summed E-state index contributed by atoms with van der Waals surface area (Å²) >= 11 is 0. The van der Waals surface area contributed by atoms with Crippen molar-refractivity contribution in [2.24, 2.45) is 5.92 Å². The second-order valence-corrected chi connectivity index (χ2v) is 19.8. The Labute approximate surface area is 412 Å². The molecule has 3 atom stereocenters. The lowest BCUT2D eigenvalue weighted by Gasteiger charge is -2.40. The number of carbonyl (C=O) groups excluding carboxylic acids is 2. The first-order chi connectivity index (χ1) is 33.7. The van der Waals surface area contributed by atoms with Crippen LogP contribution >= 0.6 is 0 Å². The number of anilines is 4. The standard InChI is InChI=1S/C55H72F3N9O3/c1-7-8-49(53(68)59-5)61-44-14-16-51(47(33-44)55(56,57)58)66-29-27-64(28-30-66)34-39-18-23-67(24-19-39)54(69)42-11-9-40(10-12-42)41-20-25-65(26-21-41)38(4)36(2)31-46-37(3)60-22-17-45(46)43-13-15-48-50(32-43)63-52(62-48)35-70-6/h9-17,22,31-33,38-39,41,49,52,61-63H,7-8,18-21,23-30,34-35H2,1-6H3,(H,59,68)/b36-31+. The topological polar surface area (TPSA) is 117 Å². The molecule has 0 spiro atoms. The molecule has 4 aliphatic heterocycles. The van der Waals surface area contributed by atoms with Crippen molar-refractivity contribution in [2.45, 2.75) is 96.6 Å². The quantitative estimate of drug-likeness (QED) is 0.0866. The number of methoxy groups -OCH3 is 1. The van der Waals surface area contributed by atoms with Crippen molar-refractivity contribution >= 4 is 40.6 Å². The van der Waals surface area contributed by atoms with E-state index in [0.29, 0.717) is 70.6 Å². The van der Waals surface area contributed by atoms with Gasteiger partial charge in [-0.2, -0.15) is 13.2 Å². The minimum atomic E-state index is -4.54. The molecule has 3 saturated heterocycles. The highest BCUT2D eigenvalue weighted by Crippen LogP contribution is 2.40. The summed E-state index contributed by atoms with van der Waals surface area (Å²) in [6.07, 6.45) is 4.89. The Balaban J connectivity index is 0.787. The number of fused-ring (bicyclic) bond motifs is 1. The first kappa shape index (κ1) is 50.7. The summed E-state index contributed by atoms with van der Waals surface area (Å²) in [4.78, 5) is 39.4. The molecule has 3 fully saturated rings. The molecule has 70 heavy (non-hydrogen) atoms. The summed E-state index contributed by atoms with van der Waals surface area (Å²) in [7, 11) is 3.24. The number of amides is 2. The predicted octanol–water partition coefficient (Wildman–Crippen LogP) is 9.56. The molecule has 2 amide bonds. The summed E-state index contributed by atoms with van der Waals surface area (Å²) in [5.41, 5.74) is 9.71. The normalized spacial score (nSPS) is 19.6. The van der Waals surface area contributed by atoms with Crippen LogP contribution in [0.15, 0.2) is 78.5 Å². The predicted molar refractivity (Wildman–Crippen MR) is 276 cm³/mol. The number of piperidine rings is 2. The number of carbonyl (C=O) groups is 2. The molecular formula is C55H72F3N9O3. The van der Waals surface area contributed by atoms with Gasteiger partial charge in [0.05, 0.1) is 23.5 Å². The van der Waals surface area contributed by atoms with Gasteiger partial charge in [0.25, 0.3) is 5.91 Å². The van der Waals surface area contributed by atoms with Crippen molar-refractivity contribution in [1.82, 2.24) is 25.0 Å². The van der Waals surface area contributed by atoms with Crippen molar-refractivity contribution in [3.8, 4) is 11.1 Å². The van der Waals surface area contributed by atoms with Crippen LogP contribution in [0.25, 0.3) is 17.2 Å². The number of alkyl halides is 3. The van der Waals surface area contributed by atoms with Crippen molar-refractivity contribution in [3.63, 3.8) is 0 Å². The Morgan fingerprint density at radius 1 is 0.900 bits per heavy atom. The van der Waals surface area contributed by atoms with Crippen molar-refractivity contribution in [3.05, 3.63) is 106 Å². The van der Waals surface area contributed by atoms with E-state index in [1.54, 1.807) is 13.2 Å². The third-order valence-corrected chi connectivity index (χ3v) is 15.2. The Hall–Kier alpha value is -5.64. The van der Waals surface area contributed by atoms with E-state index in [1.807, 2.05) is 35.1 Å². The summed E-state index contributed by atoms with van der Waals surface area (Å²) < 4.78 is 48.5. The fourth-order valence-corrected chi connectivity index (χ4v) is 10.9. The van der Waals surface area contributed by atoms with E-state index in [9.17, 15) is 22.8 Å². The number of benzene rings is 3. The van der Waals surface area contributed by atoms with E-state index in [2.05, 4.69) is 99.3 Å². The Kier molecular flexibility index (Phi) is 16.4. The number of ether oxygens (including phenoxy) is 1. The van der Waals surface area contributed by atoms with Gasteiger partial charge in [-0.3, -0.25) is 24.4 Å². The fourth-order valence-electron chi connectivity index (χ4n) is 10.9. The molecule has 4 aromatic rings. The highest BCUT2D eigenvalue weighted by molar-refractivity contribution is 5.94. The molecular weight excluding hydrogens is 892 g/mol. The number of aromatic nitrogens is 1. The van der Waals surface area contributed by atoms with E-state index in [-0.39, 0.29) is 35.4 Å². The third kappa shape index (κ3) is 11.9.